The highest BCUT2D eigenvalue weighted by Gasteiger charge is 2.35. The van der Waals surface area contributed by atoms with Crippen LogP contribution in [0.1, 0.15) is 11.3 Å². The first kappa shape index (κ1) is 14.9. The third-order valence-corrected chi connectivity index (χ3v) is 4.65. The van der Waals surface area contributed by atoms with Gasteiger partial charge in [0.05, 0.1) is 21.2 Å². The van der Waals surface area contributed by atoms with Crippen LogP contribution in [0.25, 0.3) is 31.9 Å². The molecule has 0 fully saturated rings. The zero-order valence-electron chi connectivity index (χ0n) is 12.2. The second kappa shape index (κ2) is 4.91. The third-order valence-electron chi connectivity index (χ3n) is 3.55. The van der Waals surface area contributed by atoms with Crippen molar-refractivity contribution in [1.82, 2.24) is 15.0 Å². The van der Waals surface area contributed by atoms with Gasteiger partial charge in [-0.15, -0.1) is 11.3 Å². The fraction of sp³-hybridized carbons (Fsp3) is 0.133. The molecule has 9 heteroatoms. The van der Waals surface area contributed by atoms with Gasteiger partial charge in [-0.3, -0.25) is 0 Å². The van der Waals surface area contributed by atoms with E-state index in [-0.39, 0.29) is 33.0 Å². The molecule has 0 spiro atoms. The second-order valence-corrected chi connectivity index (χ2v) is 6.18. The molecule has 4 aromatic heterocycles. The minimum Gasteiger partial charge on any atom is -0.460 e. The summed E-state index contributed by atoms with van der Waals surface area (Å²) >= 11 is 1.03. The number of pyridine rings is 1. The van der Waals surface area contributed by atoms with Gasteiger partial charge in [0.1, 0.15) is 28.4 Å². The molecule has 0 aliphatic carbocycles. The van der Waals surface area contributed by atoms with E-state index in [1.165, 1.54) is 0 Å². The summed E-state index contributed by atoms with van der Waals surface area (Å²) < 4.78 is 46.6. The maximum atomic E-state index is 13.6. The van der Waals surface area contributed by atoms with Gasteiger partial charge >= 0.3 is 6.18 Å². The Balaban J connectivity index is 2.13. The standard InChI is InChI=1S/C15H9F3N4OS/c1-6-2-3-9(23-6)8-4-7(15(16,17)18)10-11-12(24-14(10)22-8)13(19)21-5-20-11/h2-5H,1H3,(H2,19,20,21). The molecule has 0 radical (unpaired) electrons. The number of aromatic nitrogens is 3. The van der Waals surface area contributed by atoms with Crippen LogP contribution in [-0.2, 0) is 6.18 Å². The van der Waals surface area contributed by atoms with Crippen molar-refractivity contribution in [3.63, 3.8) is 0 Å². The third kappa shape index (κ3) is 2.20. The van der Waals surface area contributed by atoms with Crippen molar-refractivity contribution in [1.29, 1.82) is 0 Å². The Bertz CT molecular complexity index is 1080. The largest absolute Gasteiger partial charge is 0.460 e. The molecular formula is C15H9F3N4OS. The molecule has 24 heavy (non-hydrogen) atoms. The zero-order valence-corrected chi connectivity index (χ0v) is 13.0. The van der Waals surface area contributed by atoms with Crippen LogP contribution in [0.2, 0.25) is 0 Å². The molecule has 4 aromatic rings. The number of nitrogen functional groups attached to an aromatic ring is 1. The lowest BCUT2D eigenvalue weighted by atomic mass is 10.1. The van der Waals surface area contributed by atoms with Gasteiger partial charge in [0.15, 0.2) is 5.76 Å². The van der Waals surface area contributed by atoms with Crippen molar-refractivity contribution >= 4 is 37.6 Å². The van der Waals surface area contributed by atoms with Crippen LogP contribution in [0, 0.1) is 6.92 Å². The van der Waals surface area contributed by atoms with Crippen LogP contribution >= 0.6 is 11.3 Å². The van der Waals surface area contributed by atoms with E-state index in [2.05, 4.69) is 15.0 Å². The first-order valence-corrected chi connectivity index (χ1v) is 7.64. The summed E-state index contributed by atoms with van der Waals surface area (Å²) in [5.74, 6) is 0.995. The van der Waals surface area contributed by atoms with Gasteiger partial charge in [-0.2, -0.15) is 13.2 Å². The van der Waals surface area contributed by atoms with Crippen molar-refractivity contribution in [3.8, 4) is 11.5 Å². The Morgan fingerprint density at radius 1 is 1.21 bits per heavy atom. The number of hydrogen-bond donors (Lipinski definition) is 1. The van der Waals surface area contributed by atoms with E-state index in [0.29, 0.717) is 10.5 Å². The molecule has 0 atom stereocenters. The summed E-state index contributed by atoms with van der Waals surface area (Å²) in [7, 11) is 0. The van der Waals surface area contributed by atoms with E-state index < -0.39 is 11.7 Å². The van der Waals surface area contributed by atoms with Crippen LogP contribution in [0.5, 0.6) is 0 Å². The number of halogens is 3. The summed E-state index contributed by atoms with van der Waals surface area (Å²) in [6.07, 6.45) is -3.42. The molecule has 0 aromatic carbocycles. The van der Waals surface area contributed by atoms with E-state index in [9.17, 15) is 13.2 Å². The topological polar surface area (TPSA) is 77.8 Å². The van der Waals surface area contributed by atoms with Gasteiger partial charge in [0, 0.05) is 0 Å². The molecule has 5 nitrogen and oxygen atoms in total. The van der Waals surface area contributed by atoms with Crippen LogP contribution in [0.4, 0.5) is 19.0 Å². The number of nitrogens with two attached hydrogens (primary N) is 1. The SMILES string of the molecule is Cc1ccc(-c2cc(C(F)(F)F)c3c(n2)sc2c(N)ncnc23)o1. The normalized spacial score (nSPS) is 12.3. The second-order valence-electron chi connectivity index (χ2n) is 5.18. The lowest BCUT2D eigenvalue weighted by Crippen LogP contribution is -2.06. The average Bonchev–Trinajstić information content (AvgIpc) is 3.10. The van der Waals surface area contributed by atoms with E-state index in [1.807, 2.05) is 0 Å². The lowest BCUT2D eigenvalue weighted by molar-refractivity contribution is -0.136. The Labute approximate surface area is 137 Å². The molecule has 0 unspecified atom stereocenters. The van der Waals surface area contributed by atoms with Gasteiger partial charge in [-0.05, 0) is 25.1 Å². The number of anilines is 1. The van der Waals surface area contributed by atoms with Gasteiger partial charge < -0.3 is 10.2 Å². The Hall–Kier alpha value is -2.68. The van der Waals surface area contributed by atoms with E-state index >= 15 is 0 Å². The van der Waals surface area contributed by atoms with Gasteiger partial charge in [0.25, 0.3) is 0 Å². The molecular weight excluding hydrogens is 341 g/mol. The first-order valence-electron chi connectivity index (χ1n) is 6.82. The van der Waals surface area contributed by atoms with Crippen LogP contribution in [0.15, 0.2) is 28.9 Å². The molecule has 4 heterocycles. The zero-order chi connectivity index (χ0) is 17.1. The summed E-state index contributed by atoms with van der Waals surface area (Å²) in [5.41, 5.74) is 5.21. The highest BCUT2D eigenvalue weighted by atomic mass is 32.1. The first-order chi connectivity index (χ1) is 11.3. The summed E-state index contributed by atoms with van der Waals surface area (Å²) in [6.45, 7) is 1.71. The Morgan fingerprint density at radius 2 is 2.00 bits per heavy atom. The van der Waals surface area contributed by atoms with E-state index in [0.717, 1.165) is 23.7 Å². The highest BCUT2D eigenvalue weighted by molar-refractivity contribution is 7.26. The number of furan rings is 1. The number of alkyl halides is 3. The molecule has 122 valence electrons. The number of thiophene rings is 1. The van der Waals surface area contributed by atoms with Crippen molar-refractivity contribution < 1.29 is 17.6 Å². The van der Waals surface area contributed by atoms with Crippen molar-refractivity contribution in [2.45, 2.75) is 13.1 Å². The summed E-state index contributed by atoms with van der Waals surface area (Å²) in [5, 5.41) is -0.0661. The number of nitrogens with zero attached hydrogens (tertiary/aromatic N) is 3. The maximum absolute atomic E-state index is 13.6. The number of aryl methyl sites for hydroxylation is 1. The van der Waals surface area contributed by atoms with Crippen molar-refractivity contribution in [2.24, 2.45) is 0 Å². The van der Waals surface area contributed by atoms with Crippen molar-refractivity contribution in [3.05, 3.63) is 35.9 Å². The van der Waals surface area contributed by atoms with Gasteiger partial charge in [-0.1, -0.05) is 0 Å². The van der Waals surface area contributed by atoms with Gasteiger partial charge in [0.2, 0.25) is 0 Å². The lowest BCUT2D eigenvalue weighted by Gasteiger charge is -2.09. The van der Waals surface area contributed by atoms with E-state index in [4.69, 9.17) is 10.2 Å². The fourth-order valence-electron chi connectivity index (χ4n) is 2.51. The summed E-state index contributed by atoms with van der Waals surface area (Å²) in [4.78, 5) is 12.3. The van der Waals surface area contributed by atoms with E-state index in [1.54, 1.807) is 19.1 Å². The maximum Gasteiger partial charge on any atom is 0.417 e. The highest BCUT2D eigenvalue weighted by Crippen LogP contribution is 2.43. The van der Waals surface area contributed by atoms with Gasteiger partial charge in [-0.25, -0.2) is 15.0 Å². The number of fused-ring (bicyclic) bond motifs is 3. The predicted octanol–water partition coefficient (Wildman–Crippen LogP) is 4.41. The minimum atomic E-state index is -4.56. The number of hydrogen-bond acceptors (Lipinski definition) is 6. The molecule has 0 aliphatic heterocycles. The predicted molar refractivity (Wildman–Crippen MR) is 84.6 cm³/mol. The minimum absolute atomic E-state index is 0.0661. The molecule has 4 rings (SSSR count). The Kier molecular flexibility index (Phi) is 3.04. The smallest absolute Gasteiger partial charge is 0.417 e. The Morgan fingerprint density at radius 3 is 2.67 bits per heavy atom. The summed E-state index contributed by atoms with van der Waals surface area (Å²) in [6, 6.07) is 4.24. The molecule has 0 amide bonds. The number of rotatable bonds is 1. The van der Waals surface area contributed by atoms with Crippen molar-refractivity contribution in [2.75, 3.05) is 5.73 Å². The average molecular weight is 350 g/mol. The van der Waals surface area contributed by atoms with Crippen LogP contribution in [0.3, 0.4) is 0 Å². The quantitative estimate of drug-likeness (QED) is 0.550. The fourth-order valence-corrected chi connectivity index (χ4v) is 3.56. The molecule has 0 saturated carbocycles. The molecule has 0 bridgehead atoms. The monoisotopic (exact) mass is 350 g/mol. The molecule has 0 saturated heterocycles. The van der Waals surface area contributed by atoms with Crippen LogP contribution in [-0.4, -0.2) is 15.0 Å². The van der Waals surface area contributed by atoms with Crippen LogP contribution < -0.4 is 5.73 Å². The molecule has 2 N–H and O–H groups in total. The molecule has 0 aliphatic rings.